The normalized spacial score (nSPS) is 16.0. The van der Waals surface area contributed by atoms with Crippen LogP contribution in [-0.2, 0) is 4.79 Å². The van der Waals surface area contributed by atoms with Crippen LogP contribution in [0.5, 0.6) is 0 Å². The van der Waals surface area contributed by atoms with E-state index in [-0.39, 0.29) is 17.9 Å². The summed E-state index contributed by atoms with van der Waals surface area (Å²) in [5.74, 6) is -0.155. The molecule has 1 aliphatic rings. The van der Waals surface area contributed by atoms with Gasteiger partial charge in [-0.05, 0) is 39.5 Å². The zero-order valence-corrected chi connectivity index (χ0v) is 17.0. The third-order valence-electron chi connectivity index (χ3n) is 5.21. The number of quaternary nitrogens is 1. The van der Waals surface area contributed by atoms with Crippen LogP contribution in [0.1, 0.15) is 62.1 Å². The molecule has 0 radical (unpaired) electrons. The molecular formula is C20H34N5O2+. The number of aromatic nitrogens is 2. The number of likely N-dealkylation sites (tertiary alicyclic amines) is 1. The number of amides is 2. The second kappa shape index (κ2) is 11.0. The Labute approximate surface area is 162 Å². The van der Waals surface area contributed by atoms with Crippen molar-refractivity contribution in [3.05, 3.63) is 23.8 Å². The fourth-order valence-electron chi connectivity index (χ4n) is 3.26. The lowest BCUT2D eigenvalue weighted by atomic mass is 10.1. The predicted molar refractivity (Wildman–Crippen MR) is 105 cm³/mol. The van der Waals surface area contributed by atoms with Gasteiger partial charge in [0.1, 0.15) is 5.69 Å². The number of rotatable bonds is 9. The van der Waals surface area contributed by atoms with Crippen molar-refractivity contribution in [2.75, 3.05) is 32.7 Å². The van der Waals surface area contributed by atoms with Crippen molar-refractivity contribution in [3.63, 3.8) is 0 Å². The fraction of sp³-hybridized carbons (Fsp3) is 0.700. The van der Waals surface area contributed by atoms with Crippen molar-refractivity contribution >= 4 is 11.8 Å². The quantitative estimate of drug-likeness (QED) is 0.662. The third kappa shape index (κ3) is 7.25. The molecule has 1 atom stereocenters. The molecule has 27 heavy (non-hydrogen) atoms. The molecule has 1 saturated heterocycles. The van der Waals surface area contributed by atoms with E-state index in [1.807, 2.05) is 20.8 Å². The van der Waals surface area contributed by atoms with E-state index in [2.05, 4.69) is 15.3 Å². The molecule has 2 heterocycles. The maximum absolute atomic E-state index is 12.9. The Kier molecular flexibility index (Phi) is 8.64. The number of nitrogens with one attached hydrogen (secondary N) is 2. The number of nitrogens with zero attached hydrogens (tertiary/aromatic N) is 3. The molecule has 7 heteroatoms. The van der Waals surface area contributed by atoms with Gasteiger partial charge in [-0.3, -0.25) is 14.6 Å². The van der Waals surface area contributed by atoms with Crippen LogP contribution in [0.25, 0.3) is 0 Å². The first-order valence-corrected chi connectivity index (χ1v) is 10.2. The van der Waals surface area contributed by atoms with Gasteiger partial charge in [-0.15, -0.1) is 0 Å². The van der Waals surface area contributed by atoms with Crippen molar-refractivity contribution in [1.29, 1.82) is 0 Å². The average molecular weight is 377 g/mol. The molecule has 2 amide bonds. The minimum atomic E-state index is -0.143. The SMILES string of the molecule is CC[C@@H](C)NC(=O)CCN(CC[NH+]1CCCCC1)C(=O)c1cnc(C)cn1. The molecule has 0 saturated carbocycles. The molecule has 0 unspecified atom stereocenters. The summed E-state index contributed by atoms with van der Waals surface area (Å²) in [5.41, 5.74) is 1.13. The van der Waals surface area contributed by atoms with E-state index in [0.29, 0.717) is 25.2 Å². The Hall–Kier alpha value is -2.02. The highest BCUT2D eigenvalue weighted by molar-refractivity contribution is 5.92. The summed E-state index contributed by atoms with van der Waals surface area (Å²) in [6.45, 7) is 10.2. The van der Waals surface area contributed by atoms with Crippen LogP contribution < -0.4 is 10.2 Å². The van der Waals surface area contributed by atoms with Crippen LogP contribution in [0.4, 0.5) is 0 Å². The number of piperidine rings is 1. The van der Waals surface area contributed by atoms with E-state index < -0.39 is 0 Å². The number of carbonyl (C=O) groups is 2. The summed E-state index contributed by atoms with van der Waals surface area (Å²) < 4.78 is 0. The highest BCUT2D eigenvalue weighted by atomic mass is 16.2. The minimum Gasteiger partial charge on any atom is -0.354 e. The maximum Gasteiger partial charge on any atom is 0.274 e. The van der Waals surface area contributed by atoms with Crippen LogP contribution >= 0.6 is 0 Å². The Morgan fingerprint density at radius 1 is 1.19 bits per heavy atom. The molecule has 1 fully saturated rings. The second-order valence-corrected chi connectivity index (χ2v) is 7.52. The van der Waals surface area contributed by atoms with E-state index in [0.717, 1.165) is 18.7 Å². The van der Waals surface area contributed by atoms with Gasteiger partial charge in [0.05, 0.1) is 38.1 Å². The molecular weight excluding hydrogens is 342 g/mol. The summed E-state index contributed by atoms with van der Waals surface area (Å²) in [5, 5.41) is 2.97. The highest BCUT2D eigenvalue weighted by Crippen LogP contribution is 2.03. The number of aryl methyl sites for hydroxylation is 1. The van der Waals surface area contributed by atoms with Gasteiger partial charge in [0, 0.05) is 25.2 Å². The van der Waals surface area contributed by atoms with Gasteiger partial charge in [-0.1, -0.05) is 6.92 Å². The highest BCUT2D eigenvalue weighted by Gasteiger charge is 2.21. The van der Waals surface area contributed by atoms with Gasteiger partial charge in [0.25, 0.3) is 5.91 Å². The van der Waals surface area contributed by atoms with E-state index in [1.54, 1.807) is 11.1 Å². The van der Waals surface area contributed by atoms with Crippen LogP contribution in [0.2, 0.25) is 0 Å². The lowest BCUT2D eigenvalue weighted by molar-refractivity contribution is -0.904. The first-order valence-electron chi connectivity index (χ1n) is 10.2. The second-order valence-electron chi connectivity index (χ2n) is 7.52. The van der Waals surface area contributed by atoms with Gasteiger partial charge in [0.15, 0.2) is 0 Å². The molecule has 0 aromatic carbocycles. The van der Waals surface area contributed by atoms with E-state index in [1.165, 1.54) is 43.4 Å². The minimum absolute atomic E-state index is 0.0116. The van der Waals surface area contributed by atoms with Gasteiger partial charge >= 0.3 is 0 Å². The van der Waals surface area contributed by atoms with Crippen molar-refractivity contribution in [2.45, 2.75) is 58.9 Å². The van der Waals surface area contributed by atoms with Crippen molar-refractivity contribution in [1.82, 2.24) is 20.2 Å². The molecule has 2 rings (SSSR count). The summed E-state index contributed by atoms with van der Waals surface area (Å²) in [7, 11) is 0. The molecule has 0 bridgehead atoms. The van der Waals surface area contributed by atoms with E-state index in [9.17, 15) is 9.59 Å². The third-order valence-corrected chi connectivity index (χ3v) is 5.21. The number of carbonyl (C=O) groups excluding carboxylic acids is 2. The Morgan fingerprint density at radius 3 is 2.56 bits per heavy atom. The van der Waals surface area contributed by atoms with Gasteiger partial charge in [-0.2, -0.15) is 0 Å². The average Bonchev–Trinajstić information content (AvgIpc) is 2.68. The topological polar surface area (TPSA) is 79.6 Å². The molecule has 7 nitrogen and oxygen atoms in total. The zero-order chi connectivity index (χ0) is 19.6. The van der Waals surface area contributed by atoms with Crippen LogP contribution in [0, 0.1) is 6.92 Å². The molecule has 0 spiro atoms. The molecule has 2 N–H and O–H groups in total. The lowest BCUT2D eigenvalue weighted by Gasteiger charge is -2.28. The van der Waals surface area contributed by atoms with E-state index >= 15 is 0 Å². The monoisotopic (exact) mass is 376 g/mol. The van der Waals surface area contributed by atoms with Crippen molar-refractivity contribution < 1.29 is 14.5 Å². The van der Waals surface area contributed by atoms with Gasteiger partial charge in [0.2, 0.25) is 5.91 Å². The predicted octanol–water partition coefficient (Wildman–Crippen LogP) is 0.601. The van der Waals surface area contributed by atoms with Gasteiger partial charge < -0.3 is 15.1 Å². The smallest absolute Gasteiger partial charge is 0.274 e. The summed E-state index contributed by atoms with van der Waals surface area (Å²) in [6, 6.07) is 0.155. The van der Waals surface area contributed by atoms with Crippen molar-refractivity contribution in [2.24, 2.45) is 0 Å². The summed E-state index contributed by atoms with van der Waals surface area (Å²) in [6.07, 6.45) is 8.15. The fourth-order valence-corrected chi connectivity index (χ4v) is 3.26. The number of hydrogen-bond donors (Lipinski definition) is 2. The Morgan fingerprint density at radius 2 is 1.93 bits per heavy atom. The Balaban J connectivity index is 1.96. The first-order chi connectivity index (χ1) is 13.0. The summed E-state index contributed by atoms with van der Waals surface area (Å²) >= 11 is 0. The summed E-state index contributed by atoms with van der Waals surface area (Å²) in [4.78, 5) is 36.8. The molecule has 150 valence electrons. The first kappa shape index (κ1) is 21.3. The zero-order valence-electron chi connectivity index (χ0n) is 17.0. The maximum atomic E-state index is 12.9. The van der Waals surface area contributed by atoms with Gasteiger partial charge in [-0.25, -0.2) is 4.98 Å². The Bertz CT molecular complexity index is 599. The lowest BCUT2D eigenvalue weighted by Crippen LogP contribution is -3.13. The number of hydrogen-bond acceptors (Lipinski definition) is 4. The molecule has 1 aromatic rings. The standard InChI is InChI=1S/C20H33N5O2/c1-4-16(2)23-19(26)8-11-25(13-12-24-9-6-5-7-10-24)20(27)18-15-21-17(3)14-22-18/h14-16H,4-13H2,1-3H3,(H,23,26)/p+1/t16-/m1/s1. The van der Waals surface area contributed by atoms with E-state index in [4.69, 9.17) is 0 Å². The van der Waals surface area contributed by atoms with Crippen LogP contribution in [0.3, 0.4) is 0 Å². The van der Waals surface area contributed by atoms with Crippen LogP contribution in [0.15, 0.2) is 12.4 Å². The van der Waals surface area contributed by atoms with Crippen LogP contribution in [-0.4, -0.2) is 65.4 Å². The molecule has 1 aliphatic heterocycles. The molecule has 1 aromatic heterocycles. The van der Waals surface area contributed by atoms with Crippen molar-refractivity contribution in [3.8, 4) is 0 Å². The molecule has 0 aliphatic carbocycles. The largest absolute Gasteiger partial charge is 0.354 e.